The number of aromatic nitrogens is 1. The van der Waals surface area contributed by atoms with Crippen molar-refractivity contribution in [3.8, 4) is 0 Å². The molecule has 0 radical (unpaired) electrons. The maximum atomic E-state index is 5.27. The highest BCUT2D eigenvalue weighted by atomic mass is 32.1. The number of nitrogens with two attached hydrogens (primary N) is 1. The molecule has 4 nitrogen and oxygen atoms in total. The van der Waals surface area contributed by atoms with Crippen LogP contribution in [0.5, 0.6) is 0 Å². The first-order valence-electron chi connectivity index (χ1n) is 4.26. The molecule has 0 aromatic carbocycles. The van der Waals surface area contributed by atoms with Gasteiger partial charge < -0.3 is 15.8 Å². The summed E-state index contributed by atoms with van der Waals surface area (Å²) in [4.78, 5) is 4.26. The number of anilines is 1. The van der Waals surface area contributed by atoms with Gasteiger partial charge in [-0.15, -0.1) is 11.3 Å². The normalized spacial score (nSPS) is 10.3. The summed E-state index contributed by atoms with van der Waals surface area (Å²) in [5.74, 6) is 0. The summed E-state index contributed by atoms with van der Waals surface area (Å²) in [6.07, 6.45) is 0. The Hall–Kier alpha value is -0.650. The second-order valence-electron chi connectivity index (χ2n) is 2.62. The van der Waals surface area contributed by atoms with E-state index < -0.39 is 0 Å². The van der Waals surface area contributed by atoms with E-state index in [2.05, 4.69) is 10.3 Å². The fraction of sp³-hybridized carbons (Fsp3) is 0.625. The second-order valence-corrected chi connectivity index (χ2v) is 3.48. The molecule has 1 aromatic heterocycles. The molecule has 0 spiro atoms. The number of hydrogen-bond acceptors (Lipinski definition) is 5. The smallest absolute Gasteiger partial charge is 0.182 e. The fourth-order valence-electron chi connectivity index (χ4n) is 0.851. The molecule has 1 heterocycles. The standard InChI is InChI=1S/C8H15N3OS/c1-7-6-13-8(11-7)10-3-5-12-4-2-9/h6H,2-5,9H2,1H3,(H,10,11). The first-order valence-corrected chi connectivity index (χ1v) is 5.14. The maximum Gasteiger partial charge on any atom is 0.182 e. The summed E-state index contributed by atoms with van der Waals surface area (Å²) in [6.45, 7) is 4.64. The molecule has 0 amide bonds. The van der Waals surface area contributed by atoms with E-state index in [1.165, 1.54) is 0 Å². The van der Waals surface area contributed by atoms with Crippen molar-refractivity contribution in [2.75, 3.05) is 31.6 Å². The van der Waals surface area contributed by atoms with Crippen LogP contribution in [0, 0.1) is 6.92 Å². The number of thiazole rings is 1. The highest BCUT2D eigenvalue weighted by Crippen LogP contribution is 2.13. The minimum atomic E-state index is 0.580. The van der Waals surface area contributed by atoms with E-state index in [0.29, 0.717) is 19.8 Å². The molecule has 0 bridgehead atoms. The molecule has 1 aromatic rings. The van der Waals surface area contributed by atoms with Gasteiger partial charge in [-0.05, 0) is 6.92 Å². The number of nitrogens with one attached hydrogen (secondary N) is 1. The third kappa shape index (κ3) is 4.21. The summed E-state index contributed by atoms with van der Waals surface area (Å²) in [7, 11) is 0. The van der Waals surface area contributed by atoms with Crippen molar-refractivity contribution in [1.82, 2.24) is 4.98 Å². The van der Waals surface area contributed by atoms with Crippen LogP contribution in [0.3, 0.4) is 0 Å². The molecule has 0 unspecified atom stereocenters. The molecule has 13 heavy (non-hydrogen) atoms. The predicted octanol–water partition coefficient (Wildman–Crippen LogP) is 0.839. The van der Waals surface area contributed by atoms with Crippen LogP contribution in [-0.4, -0.2) is 31.3 Å². The van der Waals surface area contributed by atoms with E-state index in [1.807, 2.05) is 12.3 Å². The molecule has 0 aliphatic rings. The van der Waals surface area contributed by atoms with Crippen LogP contribution < -0.4 is 11.1 Å². The van der Waals surface area contributed by atoms with Crippen molar-refractivity contribution in [1.29, 1.82) is 0 Å². The van der Waals surface area contributed by atoms with E-state index in [-0.39, 0.29) is 0 Å². The molecule has 0 saturated heterocycles. The van der Waals surface area contributed by atoms with Crippen molar-refractivity contribution < 1.29 is 4.74 Å². The molecule has 0 fully saturated rings. The Bertz CT molecular complexity index is 239. The molecule has 0 aliphatic heterocycles. The van der Waals surface area contributed by atoms with E-state index in [4.69, 9.17) is 10.5 Å². The number of nitrogens with zero attached hydrogens (tertiary/aromatic N) is 1. The van der Waals surface area contributed by atoms with Crippen LogP contribution in [0.2, 0.25) is 0 Å². The van der Waals surface area contributed by atoms with Gasteiger partial charge >= 0.3 is 0 Å². The van der Waals surface area contributed by atoms with Crippen LogP contribution in [0.15, 0.2) is 5.38 Å². The maximum absolute atomic E-state index is 5.27. The van der Waals surface area contributed by atoms with Gasteiger partial charge in [0.2, 0.25) is 0 Å². The highest BCUT2D eigenvalue weighted by Gasteiger charge is 1.95. The van der Waals surface area contributed by atoms with Gasteiger partial charge in [-0.25, -0.2) is 4.98 Å². The predicted molar refractivity (Wildman–Crippen MR) is 55.2 cm³/mol. The van der Waals surface area contributed by atoms with Gasteiger partial charge in [0.25, 0.3) is 0 Å². The lowest BCUT2D eigenvalue weighted by atomic mass is 10.6. The zero-order valence-corrected chi connectivity index (χ0v) is 8.56. The third-order valence-corrected chi connectivity index (χ3v) is 2.32. The van der Waals surface area contributed by atoms with Gasteiger partial charge in [-0.1, -0.05) is 0 Å². The van der Waals surface area contributed by atoms with Gasteiger partial charge in [0.15, 0.2) is 5.13 Å². The van der Waals surface area contributed by atoms with Crippen LogP contribution in [-0.2, 0) is 4.74 Å². The lowest BCUT2D eigenvalue weighted by Gasteiger charge is -2.02. The van der Waals surface area contributed by atoms with Crippen molar-refractivity contribution in [2.45, 2.75) is 6.92 Å². The first-order chi connectivity index (χ1) is 6.33. The zero-order valence-electron chi connectivity index (χ0n) is 7.75. The van der Waals surface area contributed by atoms with Gasteiger partial charge in [0, 0.05) is 18.5 Å². The molecule has 5 heteroatoms. The lowest BCUT2D eigenvalue weighted by molar-refractivity contribution is 0.151. The third-order valence-electron chi connectivity index (χ3n) is 1.40. The Morgan fingerprint density at radius 2 is 2.46 bits per heavy atom. The quantitative estimate of drug-likeness (QED) is 0.670. The van der Waals surface area contributed by atoms with Gasteiger partial charge in [0.05, 0.1) is 18.9 Å². The van der Waals surface area contributed by atoms with Crippen molar-refractivity contribution in [2.24, 2.45) is 5.73 Å². The Morgan fingerprint density at radius 3 is 3.08 bits per heavy atom. The van der Waals surface area contributed by atoms with E-state index in [9.17, 15) is 0 Å². The topological polar surface area (TPSA) is 60.2 Å². The summed E-state index contributed by atoms with van der Waals surface area (Å²) in [5, 5.41) is 6.14. The monoisotopic (exact) mass is 201 g/mol. The van der Waals surface area contributed by atoms with Gasteiger partial charge in [-0.2, -0.15) is 0 Å². The largest absolute Gasteiger partial charge is 0.378 e. The molecule has 74 valence electrons. The van der Waals surface area contributed by atoms with Gasteiger partial charge in [-0.3, -0.25) is 0 Å². The highest BCUT2D eigenvalue weighted by molar-refractivity contribution is 7.13. The van der Waals surface area contributed by atoms with Crippen molar-refractivity contribution in [3.05, 3.63) is 11.1 Å². The second kappa shape index (κ2) is 5.90. The van der Waals surface area contributed by atoms with Crippen LogP contribution in [0.25, 0.3) is 0 Å². The van der Waals surface area contributed by atoms with Crippen molar-refractivity contribution >= 4 is 16.5 Å². The Balaban J connectivity index is 2.06. The summed E-state index contributed by atoms with van der Waals surface area (Å²) >= 11 is 1.61. The number of hydrogen-bond donors (Lipinski definition) is 2. The fourth-order valence-corrected chi connectivity index (χ4v) is 1.57. The molecule has 0 aliphatic carbocycles. The minimum Gasteiger partial charge on any atom is -0.378 e. The number of rotatable bonds is 6. The van der Waals surface area contributed by atoms with E-state index in [0.717, 1.165) is 17.4 Å². The summed E-state index contributed by atoms with van der Waals surface area (Å²) in [6, 6.07) is 0. The lowest BCUT2D eigenvalue weighted by Crippen LogP contribution is -2.14. The molecule has 3 N–H and O–H groups in total. The first kappa shape index (κ1) is 10.4. The molecular formula is C8H15N3OS. The Kier molecular flexibility index (Phi) is 4.74. The van der Waals surface area contributed by atoms with Crippen LogP contribution in [0.4, 0.5) is 5.13 Å². The molecule has 0 atom stereocenters. The molecule has 0 saturated carbocycles. The van der Waals surface area contributed by atoms with Crippen LogP contribution >= 0.6 is 11.3 Å². The Morgan fingerprint density at radius 1 is 1.62 bits per heavy atom. The Labute approximate surface area is 82.1 Å². The molecule has 1 rings (SSSR count). The van der Waals surface area contributed by atoms with E-state index >= 15 is 0 Å². The molecular weight excluding hydrogens is 186 g/mol. The average molecular weight is 201 g/mol. The average Bonchev–Trinajstić information content (AvgIpc) is 2.51. The van der Waals surface area contributed by atoms with Crippen molar-refractivity contribution in [3.63, 3.8) is 0 Å². The van der Waals surface area contributed by atoms with Crippen LogP contribution in [0.1, 0.15) is 5.69 Å². The summed E-state index contributed by atoms with van der Waals surface area (Å²) < 4.78 is 5.20. The summed E-state index contributed by atoms with van der Waals surface area (Å²) in [5.41, 5.74) is 6.32. The van der Waals surface area contributed by atoms with Gasteiger partial charge in [0.1, 0.15) is 0 Å². The number of ether oxygens (including phenoxy) is 1. The number of aryl methyl sites for hydroxylation is 1. The van der Waals surface area contributed by atoms with E-state index in [1.54, 1.807) is 11.3 Å². The minimum absolute atomic E-state index is 0.580. The SMILES string of the molecule is Cc1csc(NCCOCCN)n1. The zero-order chi connectivity index (χ0) is 9.52.